The molecular weight excluding hydrogens is 184 g/mol. The molecule has 80 valence electrons. The van der Waals surface area contributed by atoms with Crippen LogP contribution < -0.4 is 10.2 Å². The molecule has 3 rings (SSSR count). The fourth-order valence-electron chi connectivity index (χ4n) is 2.89. The Morgan fingerprint density at radius 3 is 3.13 bits per heavy atom. The molecule has 0 unspecified atom stereocenters. The van der Waals surface area contributed by atoms with Crippen molar-refractivity contribution in [3.8, 4) is 0 Å². The van der Waals surface area contributed by atoms with Crippen molar-refractivity contribution in [1.29, 1.82) is 0 Å². The quantitative estimate of drug-likeness (QED) is 0.746. The van der Waals surface area contributed by atoms with E-state index in [9.17, 15) is 0 Å². The van der Waals surface area contributed by atoms with Crippen LogP contribution in [0.25, 0.3) is 0 Å². The third-order valence-corrected chi connectivity index (χ3v) is 3.67. The average molecular weight is 202 g/mol. The van der Waals surface area contributed by atoms with E-state index < -0.39 is 0 Å². The Morgan fingerprint density at radius 1 is 1.33 bits per heavy atom. The second-order valence-corrected chi connectivity index (χ2v) is 4.48. The highest BCUT2D eigenvalue weighted by Crippen LogP contribution is 2.35. The molecule has 0 radical (unpaired) electrons. The molecule has 15 heavy (non-hydrogen) atoms. The van der Waals surface area contributed by atoms with Crippen molar-refractivity contribution in [2.75, 3.05) is 24.5 Å². The predicted molar refractivity (Wildman–Crippen MR) is 63.4 cm³/mol. The van der Waals surface area contributed by atoms with Gasteiger partial charge in [-0.3, -0.25) is 0 Å². The van der Waals surface area contributed by atoms with Crippen LogP contribution in [0.3, 0.4) is 0 Å². The molecule has 2 heterocycles. The molecule has 2 aliphatic heterocycles. The van der Waals surface area contributed by atoms with Crippen molar-refractivity contribution < 1.29 is 0 Å². The molecule has 0 amide bonds. The molecule has 2 nitrogen and oxygen atoms in total. The molecule has 2 heteroatoms. The number of hydrogen-bond donors (Lipinski definition) is 1. The first-order valence-corrected chi connectivity index (χ1v) is 5.99. The van der Waals surface area contributed by atoms with Crippen LogP contribution >= 0.6 is 0 Å². The summed E-state index contributed by atoms with van der Waals surface area (Å²) in [5.74, 6) is 0. The molecule has 1 N–H and O–H groups in total. The van der Waals surface area contributed by atoms with Crippen molar-refractivity contribution >= 4 is 5.69 Å². The van der Waals surface area contributed by atoms with E-state index in [1.54, 1.807) is 16.8 Å². The van der Waals surface area contributed by atoms with E-state index in [-0.39, 0.29) is 0 Å². The number of benzene rings is 1. The lowest BCUT2D eigenvalue weighted by Gasteiger charge is -2.19. The average Bonchev–Trinajstić information content (AvgIpc) is 2.57. The summed E-state index contributed by atoms with van der Waals surface area (Å²) < 4.78 is 0. The lowest BCUT2D eigenvalue weighted by molar-refractivity contribution is 0.692. The molecule has 0 bridgehead atoms. The van der Waals surface area contributed by atoms with Crippen LogP contribution in [0, 0.1) is 0 Å². The van der Waals surface area contributed by atoms with Gasteiger partial charge in [-0.05, 0) is 29.5 Å². The Bertz CT molecular complexity index is 384. The van der Waals surface area contributed by atoms with Crippen LogP contribution in [0.5, 0.6) is 0 Å². The molecule has 0 aromatic heterocycles. The minimum absolute atomic E-state index is 1.04. The van der Waals surface area contributed by atoms with Gasteiger partial charge in [0.2, 0.25) is 0 Å². The normalized spacial score (nSPS) is 18.9. The van der Waals surface area contributed by atoms with Gasteiger partial charge in [0.05, 0.1) is 0 Å². The number of hydrogen-bond acceptors (Lipinski definition) is 2. The first kappa shape index (κ1) is 9.22. The molecule has 1 aromatic rings. The molecule has 0 aliphatic carbocycles. The third-order valence-electron chi connectivity index (χ3n) is 3.67. The van der Waals surface area contributed by atoms with E-state index in [1.807, 2.05) is 0 Å². The fourth-order valence-corrected chi connectivity index (χ4v) is 2.89. The van der Waals surface area contributed by atoms with E-state index in [1.165, 1.54) is 31.5 Å². The van der Waals surface area contributed by atoms with Gasteiger partial charge in [0.1, 0.15) is 0 Å². The second-order valence-electron chi connectivity index (χ2n) is 4.48. The van der Waals surface area contributed by atoms with Gasteiger partial charge in [0, 0.05) is 31.9 Å². The Hall–Kier alpha value is -1.02. The van der Waals surface area contributed by atoms with Crippen LogP contribution in [-0.2, 0) is 19.4 Å². The van der Waals surface area contributed by atoms with Gasteiger partial charge >= 0.3 is 0 Å². The number of nitrogens with zero attached hydrogens (tertiary/aromatic N) is 1. The van der Waals surface area contributed by atoms with Crippen LogP contribution in [-0.4, -0.2) is 19.6 Å². The summed E-state index contributed by atoms with van der Waals surface area (Å²) in [6.07, 6.45) is 2.43. The third kappa shape index (κ3) is 1.36. The van der Waals surface area contributed by atoms with Gasteiger partial charge in [-0.1, -0.05) is 19.1 Å². The maximum Gasteiger partial charge on any atom is 0.0448 e. The summed E-state index contributed by atoms with van der Waals surface area (Å²) in [6, 6.07) is 4.64. The zero-order valence-electron chi connectivity index (χ0n) is 9.34. The minimum Gasteiger partial charge on any atom is -0.369 e. The number of rotatable bonds is 1. The standard InChI is InChI=1S/C13H18N2/c1-2-10-3-4-11-9-14-6-8-15-7-5-12(10)13(11)15/h3-4,14H,2,5-9H2,1H3. The summed E-state index contributed by atoms with van der Waals surface area (Å²) in [5.41, 5.74) is 6.23. The molecule has 0 fully saturated rings. The summed E-state index contributed by atoms with van der Waals surface area (Å²) in [5, 5.41) is 3.49. The number of aryl methyl sites for hydroxylation is 1. The first-order valence-electron chi connectivity index (χ1n) is 5.99. The lowest BCUT2D eigenvalue weighted by Crippen LogP contribution is -2.27. The van der Waals surface area contributed by atoms with E-state index >= 15 is 0 Å². The molecule has 2 aliphatic rings. The zero-order chi connectivity index (χ0) is 10.3. The van der Waals surface area contributed by atoms with Crippen LogP contribution in [0.1, 0.15) is 23.6 Å². The Morgan fingerprint density at radius 2 is 2.27 bits per heavy atom. The first-order chi connectivity index (χ1) is 7.40. The smallest absolute Gasteiger partial charge is 0.0448 e. The van der Waals surface area contributed by atoms with Crippen molar-refractivity contribution in [2.24, 2.45) is 0 Å². The van der Waals surface area contributed by atoms with E-state index in [4.69, 9.17) is 0 Å². The molecule has 0 saturated carbocycles. The largest absolute Gasteiger partial charge is 0.369 e. The fraction of sp³-hybridized carbons (Fsp3) is 0.538. The summed E-state index contributed by atoms with van der Waals surface area (Å²) in [4.78, 5) is 2.56. The van der Waals surface area contributed by atoms with E-state index in [0.717, 1.165) is 13.1 Å². The topological polar surface area (TPSA) is 15.3 Å². The monoisotopic (exact) mass is 202 g/mol. The predicted octanol–water partition coefficient (Wildman–Crippen LogP) is 1.71. The van der Waals surface area contributed by atoms with Crippen molar-refractivity contribution in [3.63, 3.8) is 0 Å². The molecule has 0 spiro atoms. The van der Waals surface area contributed by atoms with E-state index in [0.29, 0.717) is 0 Å². The maximum atomic E-state index is 3.49. The summed E-state index contributed by atoms with van der Waals surface area (Å²) in [6.45, 7) is 6.82. The van der Waals surface area contributed by atoms with Gasteiger partial charge in [-0.25, -0.2) is 0 Å². The Kier molecular flexibility index (Phi) is 2.17. The van der Waals surface area contributed by atoms with Crippen molar-refractivity contribution in [1.82, 2.24) is 5.32 Å². The minimum atomic E-state index is 1.04. The van der Waals surface area contributed by atoms with Crippen molar-refractivity contribution in [2.45, 2.75) is 26.3 Å². The second kappa shape index (κ2) is 3.53. The number of nitrogens with one attached hydrogen (secondary N) is 1. The van der Waals surface area contributed by atoms with Crippen molar-refractivity contribution in [3.05, 3.63) is 28.8 Å². The summed E-state index contributed by atoms with van der Waals surface area (Å²) >= 11 is 0. The van der Waals surface area contributed by atoms with Crippen LogP contribution in [0.4, 0.5) is 5.69 Å². The maximum absolute atomic E-state index is 3.49. The van der Waals surface area contributed by atoms with Crippen LogP contribution in [0.15, 0.2) is 12.1 Å². The Labute approximate surface area is 91.3 Å². The van der Waals surface area contributed by atoms with Gasteiger partial charge in [0.25, 0.3) is 0 Å². The molecule has 0 saturated heterocycles. The highest BCUT2D eigenvalue weighted by molar-refractivity contribution is 5.66. The molecule has 0 atom stereocenters. The van der Waals surface area contributed by atoms with Gasteiger partial charge in [-0.2, -0.15) is 0 Å². The molecule has 1 aromatic carbocycles. The summed E-state index contributed by atoms with van der Waals surface area (Å²) in [7, 11) is 0. The zero-order valence-corrected chi connectivity index (χ0v) is 9.34. The number of anilines is 1. The van der Waals surface area contributed by atoms with Gasteiger partial charge in [-0.15, -0.1) is 0 Å². The Balaban J connectivity index is 2.16. The SMILES string of the molecule is CCc1ccc2c3c1CCN3CCNC2. The van der Waals surface area contributed by atoms with Gasteiger partial charge < -0.3 is 10.2 Å². The van der Waals surface area contributed by atoms with Crippen LogP contribution in [0.2, 0.25) is 0 Å². The highest BCUT2D eigenvalue weighted by Gasteiger charge is 2.25. The van der Waals surface area contributed by atoms with Gasteiger partial charge in [0.15, 0.2) is 0 Å². The van der Waals surface area contributed by atoms with E-state index in [2.05, 4.69) is 29.3 Å². The lowest BCUT2D eigenvalue weighted by atomic mass is 9.99. The molecular formula is C13H18N2. The highest BCUT2D eigenvalue weighted by atomic mass is 15.2.